The van der Waals surface area contributed by atoms with E-state index in [0.29, 0.717) is 12.6 Å². The Bertz CT molecular complexity index is 763. The van der Waals surface area contributed by atoms with Crippen molar-refractivity contribution in [3.63, 3.8) is 0 Å². The van der Waals surface area contributed by atoms with Crippen LogP contribution >= 0.6 is 0 Å². The number of hydrogen-bond donors (Lipinski definition) is 0. The molecular formula is C15H12F4N2O. The Morgan fingerprint density at radius 1 is 1.18 bits per heavy atom. The number of amides is 1. The van der Waals surface area contributed by atoms with Gasteiger partial charge in [-0.3, -0.25) is 4.79 Å². The molecule has 0 fully saturated rings. The molecule has 0 spiro atoms. The quantitative estimate of drug-likeness (QED) is 0.783. The number of hydrogen-bond acceptors (Lipinski definition) is 1. The Kier molecular flexibility index (Phi) is 4.44. The molecule has 116 valence electrons. The number of alkyl halides is 3. The van der Waals surface area contributed by atoms with Crippen molar-refractivity contribution < 1.29 is 22.4 Å². The van der Waals surface area contributed by atoms with Gasteiger partial charge >= 0.3 is 6.18 Å². The fourth-order valence-electron chi connectivity index (χ4n) is 1.92. The van der Waals surface area contributed by atoms with Crippen molar-refractivity contribution in [2.24, 2.45) is 4.99 Å². The van der Waals surface area contributed by atoms with Crippen LogP contribution in [-0.2, 0) is 12.7 Å². The van der Waals surface area contributed by atoms with E-state index < -0.39 is 29.0 Å². The molecule has 1 aromatic heterocycles. The van der Waals surface area contributed by atoms with Crippen LogP contribution in [0.1, 0.15) is 22.8 Å². The summed E-state index contributed by atoms with van der Waals surface area (Å²) in [6.07, 6.45) is -3.20. The Morgan fingerprint density at radius 3 is 2.55 bits per heavy atom. The summed E-state index contributed by atoms with van der Waals surface area (Å²) in [4.78, 5) is 15.7. The molecule has 0 atom stereocenters. The first kappa shape index (κ1) is 15.9. The lowest BCUT2D eigenvalue weighted by molar-refractivity contribution is -0.140. The molecule has 3 nitrogen and oxygen atoms in total. The first-order valence-electron chi connectivity index (χ1n) is 6.45. The molecule has 1 heterocycles. The van der Waals surface area contributed by atoms with Gasteiger partial charge in [-0.15, -0.1) is 0 Å². The first-order chi connectivity index (χ1) is 10.3. The molecule has 1 aromatic carbocycles. The van der Waals surface area contributed by atoms with E-state index in [-0.39, 0.29) is 5.49 Å². The van der Waals surface area contributed by atoms with E-state index in [4.69, 9.17) is 0 Å². The summed E-state index contributed by atoms with van der Waals surface area (Å²) in [7, 11) is 0. The molecule has 0 aliphatic carbocycles. The highest BCUT2D eigenvalue weighted by atomic mass is 19.4. The highest BCUT2D eigenvalue weighted by molar-refractivity contribution is 5.95. The van der Waals surface area contributed by atoms with Gasteiger partial charge in [-0.2, -0.15) is 18.2 Å². The van der Waals surface area contributed by atoms with E-state index in [1.807, 2.05) is 6.92 Å². The van der Waals surface area contributed by atoms with Gasteiger partial charge in [-0.25, -0.2) is 4.39 Å². The topological polar surface area (TPSA) is 34.4 Å². The van der Waals surface area contributed by atoms with E-state index in [1.165, 1.54) is 6.07 Å². The number of benzene rings is 1. The highest BCUT2D eigenvalue weighted by Crippen LogP contribution is 2.32. The Labute approximate surface area is 123 Å². The third-order valence-corrected chi connectivity index (χ3v) is 3.01. The van der Waals surface area contributed by atoms with Crippen molar-refractivity contribution in [2.75, 3.05) is 0 Å². The lowest BCUT2D eigenvalue weighted by Gasteiger charge is -2.09. The van der Waals surface area contributed by atoms with Crippen LogP contribution in [0.2, 0.25) is 0 Å². The van der Waals surface area contributed by atoms with E-state index in [9.17, 15) is 22.4 Å². The van der Waals surface area contributed by atoms with Crippen LogP contribution in [0.5, 0.6) is 0 Å². The molecule has 0 radical (unpaired) electrons. The van der Waals surface area contributed by atoms with Crippen molar-refractivity contribution in [3.8, 4) is 0 Å². The molecule has 0 unspecified atom stereocenters. The van der Waals surface area contributed by atoms with Gasteiger partial charge in [-0.1, -0.05) is 12.1 Å². The molecule has 0 saturated carbocycles. The van der Waals surface area contributed by atoms with Gasteiger partial charge in [0.1, 0.15) is 11.3 Å². The second-order valence-corrected chi connectivity index (χ2v) is 4.43. The third-order valence-electron chi connectivity index (χ3n) is 3.01. The van der Waals surface area contributed by atoms with Crippen LogP contribution in [0.25, 0.3) is 0 Å². The number of nitrogens with zero attached hydrogens (tertiary/aromatic N) is 2. The number of pyridine rings is 1. The summed E-state index contributed by atoms with van der Waals surface area (Å²) < 4.78 is 53.5. The van der Waals surface area contributed by atoms with Crippen LogP contribution in [0.4, 0.5) is 17.6 Å². The average molecular weight is 312 g/mol. The number of rotatable bonds is 2. The molecule has 0 saturated heterocycles. The van der Waals surface area contributed by atoms with Crippen LogP contribution in [0.15, 0.2) is 47.6 Å². The molecule has 1 amide bonds. The number of carbonyl (C=O) groups is 1. The third kappa shape index (κ3) is 3.24. The first-order valence-corrected chi connectivity index (χ1v) is 6.45. The summed E-state index contributed by atoms with van der Waals surface area (Å²) in [6.45, 7) is 2.33. The maximum atomic E-state index is 13.9. The van der Waals surface area contributed by atoms with Crippen LogP contribution in [0, 0.1) is 5.82 Å². The molecule has 0 aliphatic heterocycles. The maximum Gasteiger partial charge on any atom is 0.419 e. The zero-order valence-electron chi connectivity index (χ0n) is 11.6. The van der Waals surface area contributed by atoms with Gasteiger partial charge in [0, 0.05) is 12.7 Å². The smallest absolute Gasteiger partial charge is 0.333 e. The molecule has 0 bridgehead atoms. The minimum atomic E-state index is -4.86. The van der Waals surface area contributed by atoms with Gasteiger partial charge in [0.05, 0.1) is 11.1 Å². The average Bonchev–Trinajstić information content (AvgIpc) is 2.46. The van der Waals surface area contributed by atoms with E-state index in [1.54, 1.807) is 22.9 Å². The number of carbonyl (C=O) groups excluding carboxylic acids is 1. The van der Waals surface area contributed by atoms with Crippen LogP contribution in [-0.4, -0.2) is 10.5 Å². The Morgan fingerprint density at radius 2 is 1.91 bits per heavy atom. The SMILES string of the molecule is CCn1ccccc1=NC(=O)c1cccc(C(F)(F)F)c1F. The number of aromatic nitrogens is 1. The standard InChI is InChI=1S/C15H12F4N2O/c1-2-21-9-4-3-8-12(21)20-14(22)10-6-5-7-11(13(10)16)15(17,18)19/h3-9H,2H2,1H3. The summed E-state index contributed by atoms with van der Waals surface area (Å²) in [5.41, 5.74) is -1.95. The van der Waals surface area contributed by atoms with Crippen molar-refractivity contribution in [1.82, 2.24) is 4.57 Å². The lowest BCUT2D eigenvalue weighted by atomic mass is 10.1. The molecule has 7 heteroatoms. The molecular weight excluding hydrogens is 300 g/mol. The lowest BCUT2D eigenvalue weighted by Crippen LogP contribution is -2.21. The zero-order chi connectivity index (χ0) is 16.3. The predicted octanol–water partition coefficient (Wildman–Crippen LogP) is 3.41. The minimum Gasteiger partial charge on any atom is -0.333 e. The number of aryl methyl sites for hydroxylation is 1. The van der Waals surface area contributed by atoms with Gasteiger partial charge in [0.15, 0.2) is 0 Å². The second-order valence-electron chi connectivity index (χ2n) is 4.43. The maximum absolute atomic E-state index is 13.9. The van der Waals surface area contributed by atoms with Crippen molar-refractivity contribution in [1.29, 1.82) is 0 Å². The van der Waals surface area contributed by atoms with Gasteiger partial charge in [0.2, 0.25) is 0 Å². The molecule has 0 aliphatic rings. The largest absolute Gasteiger partial charge is 0.419 e. The summed E-state index contributed by atoms with van der Waals surface area (Å²) in [5.74, 6) is -2.67. The molecule has 2 aromatic rings. The monoisotopic (exact) mass is 312 g/mol. The predicted molar refractivity (Wildman–Crippen MR) is 71.4 cm³/mol. The summed E-state index contributed by atoms with van der Waals surface area (Å²) >= 11 is 0. The zero-order valence-corrected chi connectivity index (χ0v) is 11.6. The Balaban J connectivity index is 2.52. The molecule has 0 N–H and O–H groups in total. The van der Waals surface area contributed by atoms with Crippen LogP contribution in [0.3, 0.4) is 0 Å². The van der Waals surface area contributed by atoms with E-state index in [0.717, 1.165) is 12.1 Å². The fourth-order valence-corrected chi connectivity index (χ4v) is 1.92. The van der Waals surface area contributed by atoms with E-state index in [2.05, 4.69) is 4.99 Å². The van der Waals surface area contributed by atoms with Gasteiger partial charge in [0.25, 0.3) is 5.91 Å². The van der Waals surface area contributed by atoms with Gasteiger partial charge in [-0.05, 0) is 31.2 Å². The van der Waals surface area contributed by atoms with Crippen molar-refractivity contribution >= 4 is 5.91 Å². The Hall–Kier alpha value is -2.44. The highest BCUT2D eigenvalue weighted by Gasteiger charge is 2.35. The summed E-state index contributed by atoms with van der Waals surface area (Å²) in [5, 5.41) is 0. The van der Waals surface area contributed by atoms with Crippen LogP contribution < -0.4 is 5.49 Å². The second kappa shape index (κ2) is 6.13. The normalized spacial score (nSPS) is 12.5. The summed E-state index contributed by atoms with van der Waals surface area (Å²) in [6, 6.07) is 7.41. The van der Waals surface area contributed by atoms with Gasteiger partial charge < -0.3 is 4.57 Å². The van der Waals surface area contributed by atoms with Crippen molar-refractivity contribution in [3.05, 3.63) is 65.0 Å². The fraction of sp³-hybridized carbons (Fsp3) is 0.200. The molecule has 22 heavy (non-hydrogen) atoms. The van der Waals surface area contributed by atoms with E-state index >= 15 is 0 Å². The number of halogens is 4. The molecule has 2 rings (SSSR count). The van der Waals surface area contributed by atoms with Crippen molar-refractivity contribution in [2.45, 2.75) is 19.6 Å². The minimum absolute atomic E-state index is 0.242.